The molecule has 4 nitrogen and oxygen atoms in total. The van der Waals surface area contributed by atoms with Gasteiger partial charge in [0.2, 0.25) is 0 Å². The van der Waals surface area contributed by atoms with Crippen molar-refractivity contribution in [2.45, 2.75) is 52.9 Å². The standard InChI is InChI=1S/C20H28BrN3O/c1-4-5-6-7-8-17-9-10-18(15(2)13-17)25-12-11-22-20-19(21)16(3)23-14-24-20/h9-10,13-14H,4-8,11-12H2,1-3H3,(H,22,23,24). The maximum Gasteiger partial charge on any atom is 0.144 e. The molecule has 0 aliphatic carbocycles. The predicted octanol–water partition coefficient (Wildman–Crippen LogP) is 5.47. The molecule has 136 valence electrons. The van der Waals surface area contributed by atoms with Crippen LogP contribution >= 0.6 is 15.9 Å². The summed E-state index contributed by atoms with van der Waals surface area (Å²) in [5.41, 5.74) is 3.52. The lowest BCUT2D eigenvalue weighted by Gasteiger charge is -2.12. The van der Waals surface area contributed by atoms with Gasteiger partial charge in [-0.2, -0.15) is 0 Å². The summed E-state index contributed by atoms with van der Waals surface area (Å²) in [6.07, 6.45) is 7.92. The summed E-state index contributed by atoms with van der Waals surface area (Å²) in [4.78, 5) is 8.37. The van der Waals surface area contributed by atoms with Gasteiger partial charge in [-0.1, -0.05) is 38.3 Å². The molecule has 25 heavy (non-hydrogen) atoms. The van der Waals surface area contributed by atoms with Crippen molar-refractivity contribution in [3.8, 4) is 5.75 Å². The normalized spacial score (nSPS) is 10.7. The molecule has 0 unspecified atom stereocenters. The van der Waals surface area contributed by atoms with Crippen molar-refractivity contribution >= 4 is 21.7 Å². The molecule has 5 heteroatoms. The van der Waals surface area contributed by atoms with Crippen LogP contribution in [0.3, 0.4) is 0 Å². The first-order valence-corrected chi connectivity index (χ1v) is 9.84. The van der Waals surface area contributed by atoms with Crippen LogP contribution in [0, 0.1) is 13.8 Å². The highest BCUT2D eigenvalue weighted by Crippen LogP contribution is 2.22. The van der Waals surface area contributed by atoms with Gasteiger partial charge in [-0.05, 0) is 59.8 Å². The Hall–Kier alpha value is -1.62. The van der Waals surface area contributed by atoms with Crippen LogP contribution in [0.2, 0.25) is 0 Å². The number of halogens is 1. The second-order valence-corrected chi connectivity index (χ2v) is 7.10. The van der Waals surface area contributed by atoms with Crippen molar-refractivity contribution in [1.29, 1.82) is 0 Å². The molecule has 0 bridgehead atoms. The average Bonchev–Trinajstić information content (AvgIpc) is 2.60. The minimum atomic E-state index is 0.589. The minimum Gasteiger partial charge on any atom is -0.491 e. The Kier molecular flexibility index (Phi) is 8.19. The van der Waals surface area contributed by atoms with Crippen LogP contribution < -0.4 is 10.1 Å². The first-order chi connectivity index (χ1) is 12.1. The molecule has 0 spiro atoms. The van der Waals surface area contributed by atoms with E-state index in [1.54, 1.807) is 6.33 Å². The lowest BCUT2D eigenvalue weighted by atomic mass is 10.0. The number of anilines is 1. The summed E-state index contributed by atoms with van der Waals surface area (Å²) in [5.74, 6) is 1.76. The number of aryl methyl sites for hydroxylation is 3. The largest absolute Gasteiger partial charge is 0.491 e. The maximum atomic E-state index is 5.91. The summed E-state index contributed by atoms with van der Waals surface area (Å²) >= 11 is 3.50. The van der Waals surface area contributed by atoms with Crippen LogP contribution in [0.4, 0.5) is 5.82 Å². The van der Waals surface area contributed by atoms with Gasteiger partial charge in [0.15, 0.2) is 0 Å². The molecule has 0 saturated heterocycles. The highest BCUT2D eigenvalue weighted by atomic mass is 79.9. The third-order valence-corrected chi connectivity index (χ3v) is 5.12. The van der Waals surface area contributed by atoms with Crippen molar-refractivity contribution in [1.82, 2.24) is 9.97 Å². The fourth-order valence-electron chi connectivity index (χ4n) is 2.70. The molecule has 0 radical (unpaired) electrons. The number of benzene rings is 1. The van der Waals surface area contributed by atoms with Gasteiger partial charge >= 0.3 is 0 Å². The van der Waals surface area contributed by atoms with Crippen molar-refractivity contribution in [3.05, 3.63) is 45.8 Å². The molecule has 2 rings (SSSR count). The second-order valence-electron chi connectivity index (χ2n) is 6.31. The van der Waals surface area contributed by atoms with Gasteiger partial charge in [-0.25, -0.2) is 9.97 Å². The first kappa shape index (κ1) is 19.7. The summed E-state index contributed by atoms with van der Waals surface area (Å²) < 4.78 is 6.81. The monoisotopic (exact) mass is 405 g/mol. The van der Waals surface area contributed by atoms with Crippen LogP contribution in [0.25, 0.3) is 0 Å². The fraction of sp³-hybridized carbons (Fsp3) is 0.500. The topological polar surface area (TPSA) is 47.0 Å². The van der Waals surface area contributed by atoms with Gasteiger partial charge in [-0.3, -0.25) is 0 Å². The molecule has 0 amide bonds. The Labute approximate surface area is 159 Å². The minimum absolute atomic E-state index is 0.589. The zero-order valence-electron chi connectivity index (χ0n) is 15.4. The summed E-state index contributed by atoms with van der Waals surface area (Å²) in [6.45, 7) is 7.58. The van der Waals surface area contributed by atoms with E-state index in [0.29, 0.717) is 13.2 Å². The lowest BCUT2D eigenvalue weighted by molar-refractivity contribution is 0.330. The summed E-state index contributed by atoms with van der Waals surface area (Å²) in [5, 5.41) is 3.27. The van der Waals surface area contributed by atoms with E-state index in [4.69, 9.17) is 4.74 Å². The molecular formula is C20H28BrN3O. The van der Waals surface area contributed by atoms with Crippen molar-refractivity contribution in [3.63, 3.8) is 0 Å². The van der Waals surface area contributed by atoms with Crippen LogP contribution in [0.1, 0.15) is 49.4 Å². The number of nitrogens with one attached hydrogen (secondary N) is 1. The Morgan fingerprint density at radius 2 is 1.96 bits per heavy atom. The third kappa shape index (κ3) is 6.31. The molecule has 1 N–H and O–H groups in total. The molecule has 2 aromatic rings. The van der Waals surface area contributed by atoms with E-state index >= 15 is 0 Å². The van der Waals surface area contributed by atoms with Crippen molar-refractivity contribution in [2.75, 3.05) is 18.5 Å². The summed E-state index contributed by atoms with van der Waals surface area (Å²) in [6, 6.07) is 6.53. The van der Waals surface area contributed by atoms with Crippen LogP contribution in [0.5, 0.6) is 5.75 Å². The number of hydrogen-bond acceptors (Lipinski definition) is 4. The van der Waals surface area contributed by atoms with Crippen molar-refractivity contribution < 1.29 is 4.74 Å². The fourth-order valence-corrected chi connectivity index (χ4v) is 3.04. The highest BCUT2D eigenvalue weighted by Gasteiger charge is 2.05. The van der Waals surface area contributed by atoms with Crippen LogP contribution in [0.15, 0.2) is 29.0 Å². The summed E-state index contributed by atoms with van der Waals surface area (Å²) in [7, 11) is 0. The van der Waals surface area contributed by atoms with E-state index in [0.717, 1.165) is 28.2 Å². The number of ether oxygens (including phenoxy) is 1. The van der Waals surface area contributed by atoms with Gasteiger partial charge < -0.3 is 10.1 Å². The molecule has 1 aromatic carbocycles. The molecule has 1 aromatic heterocycles. The Bertz CT molecular complexity index is 676. The molecule has 0 atom stereocenters. The number of aromatic nitrogens is 2. The molecule has 0 aliphatic rings. The molecular weight excluding hydrogens is 378 g/mol. The zero-order valence-corrected chi connectivity index (χ0v) is 17.0. The SMILES string of the molecule is CCCCCCc1ccc(OCCNc2ncnc(C)c2Br)c(C)c1. The third-order valence-electron chi connectivity index (χ3n) is 4.17. The lowest BCUT2D eigenvalue weighted by Crippen LogP contribution is -2.13. The molecule has 0 saturated carbocycles. The Balaban J connectivity index is 1.78. The van der Waals surface area contributed by atoms with Crippen molar-refractivity contribution in [2.24, 2.45) is 0 Å². The predicted molar refractivity (Wildman–Crippen MR) is 107 cm³/mol. The van der Waals surface area contributed by atoms with Crippen LogP contribution in [-0.2, 0) is 6.42 Å². The van der Waals surface area contributed by atoms with Gasteiger partial charge in [0.05, 0.1) is 16.7 Å². The number of unbranched alkanes of at least 4 members (excludes halogenated alkanes) is 3. The van der Waals surface area contributed by atoms with Gasteiger partial charge in [0, 0.05) is 0 Å². The number of hydrogen-bond donors (Lipinski definition) is 1. The molecule has 0 aliphatic heterocycles. The maximum absolute atomic E-state index is 5.91. The van der Waals surface area contributed by atoms with E-state index in [1.165, 1.54) is 36.8 Å². The van der Waals surface area contributed by atoms with E-state index in [2.05, 4.69) is 63.3 Å². The van der Waals surface area contributed by atoms with Gasteiger partial charge in [0.1, 0.15) is 24.5 Å². The van der Waals surface area contributed by atoms with E-state index in [9.17, 15) is 0 Å². The first-order valence-electron chi connectivity index (χ1n) is 9.05. The molecule has 1 heterocycles. The number of nitrogens with zero attached hydrogens (tertiary/aromatic N) is 2. The number of rotatable bonds is 10. The van der Waals surface area contributed by atoms with E-state index < -0.39 is 0 Å². The zero-order chi connectivity index (χ0) is 18.1. The smallest absolute Gasteiger partial charge is 0.144 e. The highest BCUT2D eigenvalue weighted by molar-refractivity contribution is 9.10. The Morgan fingerprint density at radius 3 is 2.72 bits per heavy atom. The quantitative estimate of drug-likeness (QED) is 0.532. The average molecular weight is 406 g/mol. The Morgan fingerprint density at radius 1 is 1.12 bits per heavy atom. The van der Waals surface area contributed by atoms with Crippen LogP contribution in [-0.4, -0.2) is 23.1 Å². The van der Waals surface area contributed by atoms with E-state index in [-0.39, 0.29) is 0 Å². The van der Waals surface area contributed by atoms with Gasteiger partial charge in [0.25, 0.3) is 0 Å². The van der Waals surface area contributed by atoms with E-state index in [1.807, 2.05) is 6.92 Å². The second kappa shape index (κ2) is 10.4. The molecule has 0 fully saturated rings. The van der Waals surface area contributed by atoms with Gasteiger partial charge in [-0.15, -0.1) is 0 Å².